The molecule has 1 aliphatic rings. The fraction of sp³-hybridized carbons (Fsp3) is 0.500. The quantitative estimate of drug-likeness (QED) is 0.795. The number of rotatable bonds is 6. The van der Waals surface area contributed by atoms with E-state index in [4.69, 9.17) is 0 Å². The van der Waals surface area contributed by atoms with Gasteiger partial charge >= 0.3 is 5.97 Å². The average molecular weight is 354 g/mol. The Hall–Kier alpha value is -1.93. The topological polar surface area (TPSA) is 104 Å². The molecule has 1 aliphatic heterocycles. The van der Waals surface area contributed by atoms with Crippen molar-refractivity contribution in [3.8, 4) is 0 Å². The minimum absolute atomic E-state index is 0.0691. The van der Waals surface area contributed by atoms with Crippen LogP contribution in [0.25, 0.3) is 0 Å². The van der Waals surface area contributed by atoms with Crippen LogP contribution in [-0.4, -0.2) is 48.9 Å². The zero-order valence-corrected chi connectivity index (χ0v) is 14.5. The van der Waals surface area contributed by atoms with Gasteiger partial charge in [-0.25, -0.2) is 13.2 Å². The van der Waals surface area contributed by atoms with Crippen molar-refractivity contribution in [2.75, 3.05) is 6.54 Å². The molecule has 1 heterocycles. The number of carboxylic acid groups (broad SMARTS) is 1. The van der Waals surface area contributed by atoms with Crippen molar-refractivity contribution in [2.45, 2.75) is 43.7 Å². The monoisotopic (exact) mass is 354 g/mol. The zero-order valence-electron chi connectivity index (χ0n) is 13.7. The van der Waals surface area contributed by atoms with Gasteiger partial charge in [0, 0.05) is 6.54 Å². The van der Waals surface area contributed by atoms with Crippen molar-refractivity contribution in [3.05, 3.63) is 30.3 Å². The first-order valence-electron chi connectivity index (χ1n) is 7.84. The van der Waals surface area contributed by atoms with Crippen LogP contribution in [0, 0.1) is 5.92 Å². The lowest BCUT2D eigenvalue weighted by atomic mass is 10.0. The summed E-state index contributed by atoms with van der Waals surface area (Å²) in [5, 5.41) is 9.23. The summed E-state index contributed by atoms with van der Waals surface area (Å²) in [4.78, 5) is 25.4. The van der Waals surface area contributed by atoms with E-state index < -0.39 is 34.0 Å². The molecule has 0 aromatic heterocycles. The number of carbonyl (C=O) groups excluding carboxylic acids is 1. The van der Waals surface area contributed by atoms with E-state index in [9.17, 15) is 23.1 Å². The Balaban J connectivity index is 2.24. The number of carboxylic acids is 1. The minimum Gasteiger partial charge on any atom is -0.480 e. The average Bonchev–Trinajstić information content (AvgIpc) is 3.02. The fourth-order valence-electron chi connectivity index (χ4n) is 2.77. The molecule has 1 fully saturated rings. The van der Waals surface area contributed by atoms with Gasteiger partial charge < -0.3 is 10.0 Å². The van der Waals surface area contributed by atoms with Gasteiger partial charge in [-0.05, 0) is 30.9 Å². The maximum atomic E-state index is 12.7. The van der Waals surface area contributed by atoms with Gasteiger partial charge in [-0.1, -0.05) is 32.0 Å². The third-order valence-electron chi connectivity index (χ3n) is 4.09. The summed E-state index contributed by atoms with van der Waals surface area (Å²) in [5.74, 6) is -1.87. The van der Waals surface area contributed by atoms with Crippen LogP contribution in [0.4, 0.5) is 0 Å². The summed E-state index contributed by atoms with van der Waals surface area (Å²) in [6.45, 7) is 3.77. The van der Waals surface area contributed by atoms with Gasteiger partial charge in [-0.15, -0.1) is 0 Å². The van der Waals surface area contributed by atoms with Crippen LogP contribution < -0.4 is 4.72 Å². The molecule has 1 saturated heterocycles. The number of nitrogens with zero attached hydrogens (tertiary/aromatic N) is 1. The second-order valence-corrected chi connectivity index (χ2v) is 7.90. The molecule has 0 saturated carbocycles. The first-order chi connectivity index (χ1) is 11.2. The maximum absolute atomic E-state index is 12.7. The highest BCUT2D eigenvalue weighted by Gasteiger charge is 2.39. The summed E-state index contributed by atoms with van der Waals surface area (Å²) in [6, 6.07) is 5.89. The molecule has 2 N–H and O–H groups in total. The van der Waals surface area contributed by atoms with E-state index in [0.29, 0.717) is 19.4 Å². The number of likely N-dealkylation sites (tertiary alicyclic amines) is 1. The number of amides is 1. The third-order valence-corrected chi connectivity index (χ3v) is 5.55. The molecule has 1 amide bonds. The van der Waals surface area contributed by atoms with Crippen molar-refractivity contribution < 1.29 is 23.1 Å². The molecule has 0 spiro atoms. The fourth-order valence-corrected chi connectivity index (χ4v) is 4.13. The van der Waals surface area contributed by atoms with Crippen LogP contribution in [0.2, 0.25) is 0 Å². The molecule has 0 bridgehead atoms. The van der Waals surface area contributed by atoms with Crippen LogP contribution in [0.5, 0.6) is 0 Å². The van der Waals surface area contributed by atoms with Gasteiger partial charge in [0.05, 0.1) is 4.90 Å². The van der Waals surface area contributed by atoms with Crippen molar-refractivity contribution >= 4 is 21.9 Å². The Morgan fingerprint density at radius 2 is 1.88 bits per heavy atom. The number of carbonyl (C=O) groups is 2. The highest BCUT2D eigenvalue weighted by atomic mass is 32.2. The highest BCUT2D eigenvalue weighted by Crippen LogP contribution is 2.21. The highest BCUT2D eigenvalue weighted by molar-refractivity contribution is 7.89. The SMILES string of the molecule is CC(C)[C@H](NS(=O)(=O)c1ccccc1)C(=O)N1CCC[C@H]1C(=O)O. The third kappa shape index (κ3) is 3.93. The van der Waals surface area contributed by atoms with Crippen LogP contribution in [0.3, 0.4) is 0 Å². The lowest BCUT2D eigenvalue weighted by Gasteiger charge is -2.29. The lowest BCUT2D eigenvalue weighted by Crippen LogP contribution is -2.53. The van der Waals surface area contributed by atoms with Gasteiger partial charge in [0.1, 0.15) is 12.1 Å². The number of benzene rings is 1. The van der Waals surface area contributed by atoms with E-state index >= 15 is 0 Å². The van der Waals surface area contributed by atoms with Gasteiger partial charge in [-0.2, -0.15) is 4.72 Å². The molecule has 1 aromatic carbocycles. The molecule has 132 valence electrons. The summed E-state index contributed by atoms with van der Waals surface area (Å²) in [5.41, 5.74) is 0. The first kappa shape index (κ1) is 18.4. The molecule has 8 heteroatoms. The lowest BCUT2D eigenvalue weighted by molar-refractivity contribution is -0.149. The van der Waals surface area contributed by atoms with E-state index in [1.54, 1.807) is 32.0 Å². The number of nitrogens with one attached hydrogen (secondary N) is 1. The van der Waals surface area contributed by atoms with Crippen molar-refractivity contribution in [1.82, 2.24) is 9.62 Å². The molecule has 0 unspecified atom stereocenters. The van der Waals surface area contributed by atoms with E-state index in [0.717, 1.165) is 0 Å². The largest absolute Gasteiger partial charge is 0.480 e. The molecule has 24 heavy (non-hydrogen) atoms. The molecular weight excluding hydrogens is 332 g/mol. The number of hydrogen-bond acceptors (Lipinski definition) is 4. The molecule has 1 aromatic rings. The van der Waals surface area contributed by atoms with E-state index in [-0.39, 0.29) is 10.8 Å². The second-order valence-electron chi connectivity index (χ2n) is 6.18. The summed E-state index contributed by atoms with van der Waals surface area (Å²) in [7, 11) is -3.86. The predicted octanol–water partition coefficient (Wildman–Crippen LogP) is 1.07. The summed E-state index contributed by atoms with van der Waals surface area (Å²) in [6.07, 6.45) is 0.982. The van der Waals surface area contributed by atoms with Gasteiger partial charge in [0.25, 0.3) is 0 Å². The summed E-state index contributed by atoms with van der Waals surface area (Å²) >= 11 is 0. The Labute approximate surface area is 141 Å². The van der Waals surface area contributed by atoms with Crippen molar-refractivity contribution in [1.29, 1.82) is 0 Å². The number of aliphatic carboxylic acids is 1. The van der Waals surface area contributed by atoms with Crippen LogP contribution in [0.1, 0.15) is 26.7 Å². The Kier molecular flexibility index (Phi) is 5.61. The molecule has 0 aliphatic carbocycles. The van der Waals surface area contributed by atoms with Gasteiger partial charge in [0.15, 0.2) is 0 Å². The standard InChI is InChI=1S/C16H22N2O5S/c1-11(2)14(15(19)18-10-6-9-13(18)16(20)21)17-24(22,23)12-7-4-3-5-8-12/h3-5,7-8,11,13-14,17H,6,9-10H2,1-2H3,(H,20,21)/t13-,14-/m0/s1. The maximum Gasteiger partial charge on any atom is 0.326 e. The molecular formula is C16H22N2O5S. The van der Waals surface area contributed by atoms with Gasteiger partial charge in [-0.3, -0.25) is 4.79 Å². The Bertz CT molecular complexity index is 702. The minimum atomic E-state index is -3.86. The Morgan fingerprint density at radius 3 is 2.42 bits per heavy atom. The molecule has 0 radical (unpaired) electrons. The number of hydrogen-bond donors (Lipinski definition) is 2. The van der Waals surface area contributed by atoms with Crippen molar-refractivity contribution in [2.24, 2.45) is 5.92 Å². The molecule has 2 atom stereocenters. The van der Waals surface area contributed by atoms with E-state index in [1.165, 1.54) is 17.0 Å². The van der Waals surface area contributed by atoms with Crippen LogP contribution in [-0.2, 0) is 19.6 Å². The van der Waals surface area contributed by atoms with Crippen LogP contribution >= 0.6 is 0 Å². The summed E-state index contributed by atoms with van der Waals surface area (Å²) < 4.78 is 27.4. The normalized spacial score (nSPS) is 19.5. The van der Waals surface area contributed by atoms with Crippen molar-refractivity contribution in [3.63, 3.8) is 0 Å². The number of sulfonamides is 1. The Morgan fingerprint density at radius 1 is 1.25 bits per heavy atom. The smallest absolute Gasteiger partial charge is 0.326 e. The van der Waals surface area contributed by atoms with Gasteiger partial charge in [0.2, 0.25) is 15.9 Å². The predicted molar refractivity (Wildman–Crippen MR) is 87.8 cm³/mol. The first-order valence-corrected chi connectivity index (χ1v) is 9.33. The second kappa shape index (κ2) is 7.31. The van der Waals surface area contributed by atoms with E-state index in [1.807, 2.05) is 0 Å². The molecule has 7 nitrogen and oxygen atoms in total. The zero-order chi connectivity index (χ0) is 17.9. The molecule has 2 rings (SSSR count). The van der Waals surface area contributed by atoms with Crippen LogP contribution in [0.15, 0.2) is 35.2 Å². The van der Waals surface area contributed by atoms with E-state index in [2.05, 4.69) is 4.72 Å².